The Balaban J connectivity index is 2.26. The molecule has 1 atom stereocenters. The fraction of sp³-hybridized carbons (Fsp3) is 0.750. The molecular weight excluding hydrogens is 142 g/mol. The van der Waals surface area contributed by atoms with E-state index in [0.717, 1.165) is 12.6 Å². The minimum Gasteiger partial charge on any atom is -0.292 e. The zero-order valence-corrected chi connectivity index (χ0v) is 7.16. The molecule has 1 heterocycles. The van der Waals surface area contributed by atoms with Crippen molar-refractivity contribution in [2.75, 3.05) is 25.1 Å². The van der Waals surface area contributed by atoms with Gasteiger partial charge < -0.3 is 0 Å². The molecule has 1 aliphatic heterocycles. The Kier molecular flexibility index (Phi) is 3.11. The van der Waals surface area contributed by atoms with Gasteiger partial charge in [-0.3, -0.25) is 4.90 Å². The van der Waals surface area contributed by atoms with Gasteiger partial charge in [0.15, 0.2) is 0 Å². The molecule has 0 aromatic rings. The average Bonchev–Trinajstić information content (AvgIpc) is 2.38. The molecule has 0 aliphatic carbocycles. The number of thioether (sulfide) groups is 1. The van der Waals surface area contributed by atoms with Crippen molar-refractivity contribution in [2.24, 2.45) is 0 Å². The zero-order valence-electron chi connectivity index (χ0n) is 6.34. The van der Waals surface area contributed by atoms with Gasteiger partial charge in [0.2, 0.25) is 0 Å². The van der Waals surface area contributed by atoms with Gasteiger partial charge in [-0.15, -0.1) is 6.42 Å². The molecule has 1 unspecified atom stereocenters. The lowest BCUT2D eigenvalue weighted by atomic mass is 10.2. The Bertz CT molecular complexity index is 133. The molecule has 1 aliphatic rings. The van der Waals surface area contributed by atoms with Gasteiger partial charge in [-0.25, -0.2) is 0 Å². The van der Waals surface area contributed by atoms with Crippen LogP contribution < -0.4 is 0 Å². The second kappa shape index (κ2) is 3.90. The maximum absolute atomic E-state index is 5.20. The number of hydrogen-bond acceptors (Lipinski definition) is 2. The van der Waals surface area contributed by atoms with Gasteiger partial charge in [0.1, 0.15) is 0 Å². The summed E-state index contributed by atoms with van der Waals surface area (Å²) in [6, 6.07) is 0.737. The molecule has 0 saturated carbocycles. The second-order valence-electron chi connectivity index (χ2n) is 2.64. The molecule has 0 amide bonds. The van der Waals surface area contributed by atoms with Crippen molar-refractivity contribution in [3.8, 4) is 12.3 Å². The van der Waals surface area contributed by atoms with E-state index in [1.54, 1.807) is 0 Å². The smallest absolute Gasteiger partial charge is 0.0599 e. The van der Waals surface area contributed by atoms with E-state index in [4.69, 9.17) is 6.42 Å². The summed E-state index contributed by atoms with van der Waals surface area (Å²) in [7, 11) is 2.11. The molecule has 0 aromatic heterocycles. The fourth-order valence-electron chi connectivity index (χ4n) is 1.14. The third-order valence-corrected chi connectivity index (χ3v) is 3.01. The Morgan fingerprint density at radius 1 is 1.80 bits per heavy atom. The lowest BCUT2D eigenvalue weighted by molar-refractivity contribution is 0.294. The topological polar surface area (TPSA) is 3.24 Å². The Labute approximate surface area is 67.2 Å². The summed E-state index contributed by atoms with van der Waals surface area (Å²) in [4.78, 5) is 2.26. The number of terminal acetylenes is 1. The van der Waals surface area contributed by atoms with Crippen LogP contribution in [0, 0.1) is 12.3 Å². The van der Waals surface area contributed by atoms with Crippen LogP contribution in [-0.4, -0.2) is 36.0 Å². The molecule has 0 aromatic carbocycles. The number of rotatable bonds is 2. The molecule has 56 valence electrons. The molecule has 1 rings (SSSR count). The molecule has 2 heteroatoms. The van der Waals surface area contributed by atoms with E-state index >= 15 is 0 Å². The maximum atomic E-state index is 5.20. The molecule has 1 saturated heterocycles. The third-order valence-electron chi connectivity index (χ3n) is 1.87. The standard InChI is InChI=1S/C8H13NS/c1-3-5-9(2)8-4-6-10-7-8/h1,8H,4-7H2,2H3. The summed E-state index contributed by atoms with van der Waals surface area (Å²) < 4.78 is 0. The first-order chi connectivity index (χ1) is 4.84. The van der Waals surface area contributed by atoms with Crippen molar-refractivity contribution < 1.29 is 0 Å². The van der Waals surface area contributed by atoms with Crippen LogP contribution in [0.5, 0.6) is 0 Å². The molecule has 10 heavy (non-hydrogen) atoms. The van der Waals surface area contributed by atoms with Gasteiger partial charge in [-0.1, -0.05) is 5.92 Å². The average molecular weight is 155 g/mol. The predicted molar refractivity (Wildman–Crippen MR) is 47.2 cm³/mol. The quantitative estimate of drug-likeness (QED) is 0.548. The van der Waals surface area contributed by atoms with Crippen LogP contribution in [0.2, 0.25) is 0 Å². The van der Waals surface area contributed by atoms with Crippen molar-refractivity contribution in [2.45, 2.75) is 12.5 Å². The van der Waals surface area contributed by atoms with Crippen LogP contribution in [0.4, 0.5) is 0 Å². The molecule has 0 radical (unpaired) electrons. The van der Waals surface area contributed by atoms with Crippen molar-refractivity contribution in [3.05, 3.63) is 0 Å². The van der Waals surface area contributed by atoms with Gasteiger partial charge in [0.05, 0.1) is 6.54 Å². The number of hydrogen-bond donors (Lipinski definition) is 0. The summed E-state index contributed by atoms with van der Waals surface area (Å²) in [5.74, 6) is 5.23. The predicted octanol–water partition coefficient (Wildman–Crippen LogP) is 1.06. The molecule has 0 spiro atoms. The zero-order chi connectivity index (χ0) is 7.40. The van der Waals surface area contributed by atoms with Crippen LogP contribution in [0.15, 0.2) is 0 Å². The van der Waals surface area contributed by atoms with Crippen molar-refractivity contribution in [1.82, 2.24) is 4.90 Å². The SMILES string of the molecule is C#CCN(C)C1CCSC1. The van der Waals surface area contributed by atoms with Gasteiger partial charge >= 0.3 is 0 Å². The van der Waals surface area contributed by atoms with E-state index in [1.807, 2.05) is 11.8 Å². The van der Waals surface area contributed by atoms with Crippen LogP contribution >= 0.6 is 11.8 Å². The molecule has 0 bridgehead atoms. The van der Waals surface area contributed by atoms with Gasteiger partial charge in [-0.05, 0) is 19.2 Å². The Morgan fingerprint density at radius 3 is 3.10 bits per heavy atom. The normalized spacial score (nSPS) is 25.1. The highest BCUT2D eigenvalue weighted by atomic mass is 32.2. The van der Waals surface area contributed by atoms with Crippen LogP contribution in [0.3, 0.4) is 0 Å². The Morgan fingerprint density at radius 2 is 2.60 bits per heavy atom. The number of nitrogens with zero attached hydrogens (tertiary/aromatic N) is 1. The van der Waals surface area contributed by atoms with Crippen molar-refractivity contribution >= 4 is 11.8 Å². The molecule has 1 nitrogen and oxygen atoms in total. The first kappa shape index (κ1) is 7.97. The van der Waals surface area contributed by atoms with E-state index in [9.17, 15) is 0 Å². The highest BCUT2D eigenvalue weighted by molar-refractivity contribution is 7.99. The minimum absolute atomic E-state index is 0.737. The van der Waals surface area contributed by atoms with Gasteiger partial charge in [0.25, 0.3) is 0 Å². The van der Waals surface area contributed by atoms with Crippen LogP contribution in [0.25, 0.3) is 0 Å². The second-order valence-corrected chi connectivity index (χ2v) is 3.79. The van der Waals surface area contributed by atoms with E-state index in [0.29, 0.717) is 0 Å². The first-order valence-corrected chi connectivity index (χ1v) is 4.71. The Hall–Kier alpha value is -0.130. The summed E-state index contributed by atoms with van der Waals surface area (Å²) >= 11 is 2.03. The van der Waals surface area contributed by atoms with Gasteiger partial charge in [0, 0.05) is 11.8 Å². The summed E-state index contributed by atoms with van der Waals surface area (Å²) in [6.45, 7) is 0.797. The van der Waals surface area contributed by atoms with E-state index < -0.39 is 0 Å². The van der Waals surface area contributed by atoms with E-state index in [2.05, 4.69) is 17.9 Å². The van der Waals surface area contributed by atoms with Crippen molar-refractivity contribution in [3.63, 3.8) is 0 Å². The largest absolute Gasteiger partial charge is 0.292 e. The van der Waals surface area contributed by atoms with Crippen LogP contribution in [0.1, 0.15) is 6.42 Å². The van der Waals surface area contributed by atoms with Gasteiger partial charge in [-0.2, -0.15) is 11.8 Å². The minimum atomic E-state index is 0.737. The highest BCUT2D eigenvalue weighted by Crippen LogP contribution is 2.20. The maximum Gasteiger partial charge on any atom is 0.0599 e. The fourth-order valence-corrected chi connectivity index (χ4v) is 2.44. The lowest BCUT2D eigenvalue weighted by Crippen LogP contribution is -2.31. The lowest BCUT2D eigenvalue weighted by Gasteiger charge is -2.20. The van der Waals surface area contributed by atoms with Crippen molar-refractivity contribution in [1.29, 1.82) is 0 Å². The highest BCUT2D eigenvalue weighted by Gasteiger charge is 2.18. The van der Waals surface area contributed by atoms with E-state index in [-0.39, 0.29) is 0 Å². The van der Waals surface area contributed by atoms with E-state index in [1.165, 1.54) is 17.9 Å². The molecule has 0 N–H and O–H groups in total. The summed E-state index contributed by atoms with van der Waals surface area (Å²) in [5.41, 5.74) is 0. The summed E-state index contributed by atoms with van der Waals surface area (Å²) in [5, 5.41) is 0. The molecular formula is C8H13NS. The first-order valence-electron chi connectivity index (χ1n) is 3.56. The summed E-state index contributed by atoms with van der Waals surface area (Å²) in [6.07, 6.45) is 6.51. The monoisotopic (exact) mass is 155 g/mol. The molecule has 1 fully saturated rings. The third kappa shape index (κ3) is 1.93. The van der Waals surface area contributed by atoms with Crippen LogP contribution in [-0.2, 0) is 0 Å².